The van der Waals surface area contributed by atoms with Gasteiger partial charge in [-0.3, -0.25) is 4.79 Å². The second kappa shape index (κ2) is 5.34. The molecule has 0 amide bonds. The zero-order valence-electron chi connectivity index (χ0n) is 12.0. The molecule has 1 heterocycles. The summed E-state index contributed by atoms with van der Waals surface area (Å²) >= 11 is 1.81. The third-order valence-corrected chi connectivity index (χ3v) is 5.81. The molecule has 0 saturated heterocycles. The van der Waals surface area contributed by atoms with Crippen LogP contribution < -0.4 is 0 Å². The number of aryl methyl sites for hydroxylation is 2. The van der Waals surface area contributed by atoms with E-state index in [1.807, 2.05) is 17.8 Å². The summed E-state index contributed by atoms with van der Waals surface area (Å²) in [5, 5.41) is 0. The summed E-state index contributed by atoms with van der Waals surface area (Å²) in [6, 6.07) is 15.0. The molecule has 0 fully saturated rings. The van der Waals surface area contributed by atoms with Gasteiger partial charge in [0.2, 0.25) is 0 Å². The van der Waals surface area contributed by atoms with E-state index in [4.69, 9.17) is 0 Å². The molecule has 0 bridgehead atoms. The highest BCUT2D eigenvalue weighted by Crippen LogP contribution is 2.40. The second-order valence-corrected chi connectivity index (χ2v) is 7.06. The average molecular weight is 294 g/mol. The number of hydrogen-bond acceptors (Lipinski definition) is 2. The van der Waals surface area contributed by atoms with Crippen LogP contribution in [0.3, 0.4) is 0 Å². The number of fused-ring (bicyclic) bond motifs is 2. The number of benzene rings is 2. The smallest absolute Gasteiger partial charge is 0.145 e. The fraction of sp³-hybridized carbons (Fsp3) is 0.316. The maximum absolute atomic E-state index is 12.7. The molecule has 0 N–H and O–H groups in total. The molecule has 1 aliphatic carbocycles. The molecule has 2 heteroatoms. The molecule has 1 atom stereocenters. The van der Waals surface area contributed by atoms with Crippen molar-refractivity contribution >= 4 is 17.5 Å². The Morgan fingerprint density at radius 3 is 2.90 bits per heavy atom. The molecule has 2 aromatic rings. The third-order valence-electron chi connectivity index (χ3n) is 4.63. The number of ketones is 1. The van der Waals surface area contributed by atoms with Crippen LogP contribution in [-0.2, 0) is 24.1 Å². The highest BCUT2D eigenvalue weighted by atomic mass is 32.2. The van der Waals surface area contributed by atoms with Crippen molar-refractivity contribution in [3.8, 4) is 0 Å². The maximum Gasteiger partial charge on any atom is 0.145 e. The van der Waals surface area contributed by atoms with Crippen LogP contribution >= 0.6 is 11.8 Å². The van der Waals surface area contributed by atoms with Crippen molar-refractivity contribution in [2.24, 2.45) is 0 Å². The van der Waals surface area contributed by atoms with Gasteiger partial charge in [0.15, 0.2) is 0 Å². The molecule has 106 valence electrons. The van der Waals surface area contributed by atoms with Crippen LogP contribution in [0.25, 0.3) is 0 Å². The summed E-state index contributed by atoms with van der Waals surface area (Å²) in [7, 11) is 0. The van der Waals surface area contributed by atoms with E-state index >= 15 is 0 Å². The zero-order valence-corrected chi connectivity index (χ0v) is 12.8. The lowest BCUT2D eigenvalue weighted by atomic mass is 9.92. The van der Waals surface area contributed by atoms with Gasteiger partial charge >= 0.3 is 0 Å². The Bertz CT molecular complexity index is 704. The minimum absolute atomic E-state index is 0.0828. The SMILES string of the molecule is O=C(Cc1ccc2c(c1)CCC2)C1CSc2ccccc21. The van der Waals surface area contributed by atoms with Crippen molar-refractivity contribution in [3.63, 3.8) is 0 Å². The van der Waals surface area contributed by atoms with E-state index in [1.165, 1.54) is 46.4 Å². The Hall–Kier alpha value is -1.54. The van der Waals surface area contributed by atoms with E-state index in [-0.39, 0.29) is 5.92 Å². The van der Waals surface area contributed by atoms with Crippen molar-refractivity contribution < 1.29 is 4.79 Å². The highest BCUT2D eigenvalue weighted by molar-refractivity contribution is 7.99. The van der Waals surface area contributed by atoms with Crippen molar-refractivity contribution in [2.45, 2.75) is 36.5 Å². The topological polar surface area (TPSA) is 17.1 Å². The van der Waals surface area contributed by atoms with Crippen LogP contribution in [0.5, 0.6) is 0 Å². The normalized spacial score (nSPS) is 19.3. The Morgan fingerprint density at radius 1 is 1.10 bits per heavy atom. The molecule has 2 aromatic carbocycles. The Morgan fingerprint density at radius 2 is 1.95 bits per heavy atom. The first-order valence-corrected chi connectivity index (χ1v) is 8.65. The summed E-state index contributed by atoms with van der Waals surface area (Å²) < 4.78 is 0. The Balaban J connectivity index is 1.54. The van der Waals surface area contributed by atoms with Crippen LogP contribution in [0, 0.1) is 0 Å². The third kappa shape index (κ3) is 2.42. The second-order valence-electron chi connectivity index (χ2n) is 6.00. The number of Topliss-reactive ketones (excluding diaryl/α,β-unsaturated/α-hetero) is 1. The molecule has 0 radical (unpaired) electrons. The minimum atomic E-state index is 0.0828. The highest BCUT2D eigenvalue weighted by Gasteiger charge is 2.28. The lowest BCUT2D eigenvalue weighted by Gasteiger charge is -2.10. The first-order chi connectivity index (χ1) is 10.3. The van der Waals surface area contributed by atoms with Gasteiger partial charge in [-0.15, -0.1) is 11.8 Å². The summed E-state index contributed by atoms with van der Waals surface area (Å²) in [5.41, 5.74) is 5.36. The van der Waals surface area contributed by atoms with Gasteiger partial charge in [-0.2, -0.15) is 0 Å². The van der Waals surface area contributed by atoms with E-state index in [1.54, 1.807) is 0 Å². The van der Waals surface area contributed by atoms with E-state index in [0.29, 0.717) is 12.2 Å². The predicted molar refractivity (Wildman–Crippen MR) is 87.1 cm³/mol. The van der Waals surface area contributed by atoms with E-state index < -0.39 is 0 Å². The molecule has 0 saturated carbocycles. The average Bonchev–Trinajstić information content (AvgIpc) is 3.13. The van der Waals surface area contributed by atoms with E-state index in [0.717, 1.165) is 5.75 Å². The zero-order chi connectivity index (χ0) is 14.2. The summed E-state index contributed by atoms with van der Waals surface area (Å²) in [6.07, 6.45) is 4.22. The van der Waals surface area contributed by atoms with Crippen LogP contribution in [0.2, 0.25) is 0 Å². The standard InChI is InChI=1S/C19H18OS/c20-18(17-12-21-19-7-2-1-6-16(17)19)11-13-8-9-14-4-3-5-15(14)10-13/h1-2,6-10,17H,3-5,11-12H2. The van der Waals surface area contributed by atoms with Crippen molar-refractivity contribution in [3.05, 3.63) is 64.7 Å². The summed E-state index contributed by atoms with van der Waals surface area (Å²) in [4.78, 5) is 13.9. The molecule has 2 aliphatic rings. The first-order valence-electron chi connectivity index (χ1n) is 7.66. The molecule has 1 nitrogen and oxygen atoms in total. The van der Waals surface area contributed by atoms with Crippen molar-refractivity contribution in [1.29, 1.82) is 0 Å². The van der Waals surface area contributed by atoms with Crippen LogP contribution in [0.15, 0.2) is 47.4 Å². The molecule has 1 unspecified atom stereocenters. The van der Waals surface area contributed by atoms with Crippen LogP contribution in [-0.4, -0.2) is 11.5 Å². The molecule has 4 rings (SSSR count). The fourth-order valence-corrected chi connectivity index (χ4v) is 4.75. The van der Waals surface area contributed by atoms with Gasteiger partial charge in [-0.1, -0.05) is 36.4 Å². The first kappa shape index (κ1) is 13.1. The lowest BCUT2D eigenvalue weighted by molar-refractivity contribution is -0.119. The minimum Gasteiger partial charge on any atom is -0.299 e. The van der Waals surface area contributed by atoms with Gasteiger partial charge in [-0.05, 0) is 47.6 Å². The number of carbonyl (C=O) groups is 1. The fourth-order valence-electron chi connectivity index (χ4n) is 3.49. The van der Waals surface area contributed by atoms with E-state index in [9.17, 15) is 4.79 Å². The molecular formula is C19H18OS. The number of carbonyl (C=O) groups excluding carboxylic acids is 1. The Labute approximate surface area is 129 Å². The van der Waals surface area contributed by atoms with Gasteiger partial charge in [0.25, 0.3) is 0 Å². The monoisotopic (exact) mass is 294 g/mol. The number of hydrogen-bond donors (Lipinski definition) is 0. The summed E-state index contributed by atoms with van der Waals surface area (Å²) in [5.74, 6) is 1.35. The van der Waals surface area contributed by atoms with Crippen molar-refractivity contribution in [2.75, 3.05) is 5.75 Å². The van der Waals surface area contributed by atoms with Gasteiger partial charge in [0.05, 0.1) is 5.92 Å². The van der Waals surface area contributed by atoms with Gasteiger partial charge in [0, 0.05) is 17.1 Å². The molecular weight excluding hydrogens is 276 g/mol. The molecule has 0 spiro atoms. The molecule has 1 aliphatic heterocycles. The Kier molecular flexibility index (Phi) is 3.34. The predicted octanol–water partition coefficient (Wildman–Crippen LogP) is 4.18. The van der Waals surface area contributed by atoms with Crippen LogP contribution in [0.1, 0.15) is 34.6 Å². The van der Waals surface area contributed by atoms with Gasteiger partial charge in [0.1, 0.15) is 5.78 Å². The largest absolute Gasteiger partial charge is 0.299 e. The van der Waals surface area contributed by atoms with Gasteiger partial charge in [-0.25, -0.2) is 0 Å². The summed E-state index contributed by atoms with van der Waals surface area (Å²) in [6.45, 7) is 0. The van der Waals surface area contributed by atoms with Crippen molar-refractivity contribution in [1.82, 2.24) is 0 Å². The number of rotatable bonds is 3. The molecule has 21 heavy (non-hydrogen) atoms. The van der Waals surface area contributed by atoms with Crippen LogP contribution in [0.4, 0.5) is 0 Å². The quantitative estimate of drug-likeness (QED) is 0.845. The maximum atomic E-state index is 12.7. The lowest BCUT2D eigenvalue weighted by Crippen LogP contribution is -2.14. The van der Waals surface area contributed by atoms with Gasteiger partial charge < -0.3 is 0 Å². The molecule has 0 aromatic heterocycles. The van der Waals surface area contributed by atoms with E-state index in [2.05, 4.69) is 36.4 Å². The number of thioether (sulfide) groups is 1.